The van der Waals surface area contributed by atoms with Crippen molar-refractivity contribution in [2.75, 3.05) is 18.4 Å². The van der Waals surface area contributed by atoms with Crippen LogP contribution in [0.15, 0.2) is 24.3 Å². The molecule has 0 bridgehead atoms. The number of anilines is 1. The normalized spacial score (nSPS) is 9.94. The molecule has 5 nitrogen and oxygen atoms in total. The summed E-state index contributed by atoms with van der Waals surface area (Å²) in [5.41, 5.74) is 5.59. The van der Waals surface area contributed by atoms with E-state index in [1.165, 1.54) is 0 Å². The molecule has 0 aliphatic heterocycles. The van der Waals surface area contributed by atoms with Crippen molar-refractivity contribution in [3.05, 3.63) is 29.3 Å². The maximum Gasteiger partial charge on any atom is 0.238 e. The van der Waals surface area contributed by atoms with E-state index >= 15 is 0 Å². The lowest BCUT2D eigenvalue weighted by molar-refractivity contribution is -0.118. The minimum absolute atomic E-state index is 0.125. The number of hydrogen-bond acceptors (Lipinski definition) is 3. The Kier molecular flexibility index (Phi) is 5.45. The Morgan fingerprint density at radius 1 is 1.35 bits per heavy atom. The largest absolute Gasteiger partial charge is 0.370 e. The first-order valence-corrected chi connectivity index (χ1v) is 5.50. The van der Waals surface area contributed by atoms with Crippen LogP contribution in [0.5, 0.6) is 0 Å². The second-order valence-electron chi connectivity index (χ2n) is 3.45. The van der Waals surface area contributed by atoms with Gasteiger partial charge in [-0.15, -0.1) is 0 Å². The summed E-state index contributed by atoms with van der Waals surface area (Å²) in [6.45, 7) is 0.512. The summed E-state index contributed by atoms with van der Waals surface area (Å²) >= 11 is 5.77. The molecule has 92 valence electrons. The molecule has 0 aliphatic carbocycles. The number of carbonyl (C=O) groups excluding carboxylic acids is 2. The van der Waals surface area contributed by atoms with Crippen LogP contribution in [0.1, 0.15) is 6.42 Å². The Balaban J connectivity index is 2.27. The third-order valence-electron chi connectivity index (χ3n) is 1.94. The van der Waals surface area contributed by atoms with Gasteiger partial charge in [-0.25, -0.2) is 0 Å². The van der Waals surface area contributed by atoms with E-state index in [2.05, 4.69) is 10.6 Å². The maximum absolute atomic E-state index is 11.4. The van der Waals surface area contributed by atoms with Gasteiger partial charge in [0.15, 0.2) is 0 Å². The molecule has 0 fully saturated rings. The van der Waals surface area contributed by atoms with Crippen LogP contribution in [0, 0.1) is 0 Å². The zero-order valence-corrected chi connectivity index (χ0v) is 9.96. The Labute approximate surface area is 104 Å². The molecule has 0 heterocycles. The summed E-state index contributed by atoms with van der Waals surface area (Å²) in [7, 11) is 0. The Bertz CT molecular complexity index is 409. The standard InChI is InChI=1S/C11H14ClN3O2/c12-8-2-1-3-9(6-8)15-11(17)7-14-5-4-10(13)16/h1-3,6,14H,4-5,7H2,(H2,13,16)(H,15,17). The van der Waals surface area contributed by atoms with Crippen molar-refractivity contribution in [2.24, 2.45) is 5.73 Å². The van der Waals surface area contributed by atoms with Gasteiger partial charge in [-0.1, -0.05) is 17.7 Å². The van der Waals surface area contributed by atoms with Gasteiger partial charge < -0.3 is 16.4 Å². The molecule has 0 aromatic heterocycles. The molecule has 17 heavy (non-hydrogen) atoms. The minimum atomic E-state index is -0.396. The molecule has 0 unspecified atom stereocenters. The van der Waals surface area contributed by atoms with Crippen LogP contribution in [0.25, 0.3) is 0 Å². The quantitative estimate of drug-likeness (QED) is 0.656. The van der Waals surface area contributed by atoms with Crippen LogP contribution in [0.4, 0.5) is 5.69 Å². The fourth-order valence-corrected chi connectivity index (χ4v) is 1.38. The van der Waals surface area contributed by atoms with Crippen molar-refractivity contribution in [3.63, 3.8) is 0 Å². The van der Waals surface area contributed by atoms with E-state index in [1.807, 2.05) is 0 Å². The van der Waals surface area contributed by atoms with Gasteiger partial charge >= 0.3 is 0 Å². The molecule has 1 aromatic carbocycles. The molecule has 4 N–H and O–H groups in total. The minimum Gasteiger partial charge on any atom is -0.370 e. The van der Waals surface area contributed by atoms with Crippen LogP contribution in [-0.4, -0.2) is 24.9 Å². The average Bonchev–Trinajstić information content (AvgIpc) is 2.24. The number of benzene rings is 1. The Morgan fingerprint density at radius 3 is 2.76 bits per heavy atom. The molecule has 0 spiro atoms. The van der Waals surface area contributed by atoms with Crippen LogP contribution >= 0.6 is 11.6 Å². The lowest BCUT2D eigenvalue weighted by Crippen LogP contribution is -2.30. The molecule has 1 rings (SSSR count). The highest BCUT2D eigenvalue weighted by Gasteiger charge is 2.02. The first-order valence-electron chi connectivity index (χ1n) is 5.12. The van der Waals surface area contributed by atoms with Gasteiger partial charge in [-0.3, -0.25) is 9.59 Å². The molecule has 6 heteroatoms. The molecule has 1 aromatic rings. The maximum atomic E-state index is 11.4. The van der Waals surface area contributed by atoms with Crippen LogP contribution in [0.2, 0.25) is 5.02 Å². The predicted octanol–water partition coefficient (Wildman–Crippen LogP) is 0.743. The number of carbonyl (C=O) groups is 2. The summed E-state index contributed by atoms with van der Waals surface area (Å²) in [4.78, 5) is 21.9. The van der Waals surface area contributed by atoms with Crippen molar-refractivity contribution in [3.8, 4) is 0 Å². The van der Waals surface area contributed by atoms with E-state index in [1.54, 1.807) is 24.3 Å². The number of halogens is 1. The second kappa shape index (κ2) is 6.88. The molecule has 0 radical (unpaired) electrons. The van der Waals surface area contributed by atoms with E-state index in [-0.39, 0.29) is 18.9 Å². The van der Waals surface area contributed by atoms with Crippen molar-refractivity contribution >= 4 is 29.1 Å². The number of primary amides is 1. The smallest absolute Gasteiger partial charge is 0.238 e. The molecular weight excluding hydrogens is 242 g/mol. The first-order chi connectivity index (χ1) is 8.08. The van der Waals surface area contributed by atoms with E-state index in [0.717, 1.165) is 0 Å². The molecule has 0 aliphatic rings. The SMILES string of the molecule is NC(=O)CCNCC(=O)Nc1cccc(Cl)c1. The third kappa shape index (κ3) is 5.89. The zero-order valence-electron chi connectivity index (χ0n) is 9.20. The Morgan fingerprint density at radius 2 is 2.12 bits per heavy atom. The monoisotopic (exact) mass is 255 g/mol. The van der Waals surface area contributed by atoms with Crippen LogP contribution in [-0.2, 0) is 9.59 Å². The van der Waals surface area contributed by atoms with Gasteiger partial charge in [-0.05, 0) is 18.2 Å². The lowest BCUT2D eigenvalue weighted by Gasteiger charge is -2.06. The number of nitrogens with two attached hydrogens (primary N) is 1. The molecular formula is C11H14ClN3O2. The fourth-order valence-electron chi connectivity index (χ4n) is 1.18. The summed E-state index contributed by atoms with van der Waals surface area (Å²) in [5, 5.41) is 6.03. The fraction of sp³-hybridized carbons (Fsp3) is 0.273. The highest BCUT2D eigenvalue weighted by atomic mass is 35.5. The molecule has 0 saturated carbocycles. The summed E-state index contributed by atoms with van der Waals surface area (Å²) in [5.74, 6) is -0.593. The van der Waals surface area contributed by atoms with E-state index in [9.17, 15) is 9.59 Å². The van der Waals surface area contributed by atoms with Crippen molar-refractivity contribution in [2.45, 2.75) is 6.42 Å². The van der Waals surface area contributed by atoms with E-state index in [4.69, 9.17) is 17.3 Å². The van der Waals surface area contributed by atoms with E-state index in [0.29, 0.717) is 17.3 Å². The Hall–Kier alpha value is -1.59. The van der Waals surface area contributed by atoms with Crippen molar-refractivity contribution in [1.29, 1.82) is 0 Å². The van der Waals surface area contributed by atoms with Gasteiger partial charge in [0.2, 0.25) is 11.8 Å². The zero-order chi connectivity index (χ0) is 12.7. The molecule has 0 atom stereocenters. The number of rotatable bonds is 6. The van der Waals surface area contributed by atoms with Crippen LogP contribution in [0.3, 0.4) is 0 Å². The number of amides is 2. The number of hydrogen-bond donors (Lipinski definition) is 3. The predicted molar refractivity (Wildman–Crippen MR) is 66.8 cm³/mol. The van der Waals surface area contributed by atoms with Gasteiger partial charge in [0, 0.05) is 23.7 Å². The molecule has 0 saturated heterocycles. The van der Waals surface area contributed by atoms with Crippen molar-refractivity contribution < 1.29 is 9.59 Å². The number of nitrogens with one attached hydrogen (secondary N) is 2. The molecule has 2 amide bonds. The van der Waals surface area contributed by atoms with Gasteiger partial charge in [0.25, 0.3) is 0 Å². The summed E-state index contributed by atoms with van der Waals surface area (Å²) < 4.78 is 0. The summed E-state index contributed by atoms with van der Waals surface area (Å²) in [6.07, 6.45) is 0.213. The summed E-state index contributed by atoms with van der Waals surface area (Å²) in [6, 6.07) is 6.87. The third-order valence-corrected chi connectivity index (χ3v) is 2.18. The highest BCUT2D eigenvalue weighted by molar-refractivity contribution is 6.30. The van der Waals surface area contributed by atoms with Gasteiger partial charge in [0.1, 0.15) is 0 Å². The lowest BCUT2D eigenvalue weighted by atomic mass is 10.3. The van der Waals surface area contributed by atoms with Gasteiger partial charge in [0.05, 0.1) is 6.54 Å². The van der Waals surface area contributed by atoms with Crippen LogP contribution < -0.4 is 16.4 Å². The highest BCUT2D eigenvalue weighted by Crippen LogP contribution is 2.14. The van der Waals surface area contributed by atoms with E-state index < -0.39 is 5.91 Å². The first kappa shape index (κ1) is 13.5. The topological polar surface area (TPSA) is 84.2 Å². The van der Waals surface area contributed by atoms with Gasteiger partial charge in [-0.2, -0.15) is 0 Å². The average molecular weight is 256 g/mol. The van der Waals surface area contributed by atoms with Crippen molar-refractivity contribution in [1.82, 2.24) is 5.32 Å². The second-order valence-corrected chi connectivity index (χ2v) is 3.89.